The Bertz CT molecular complexity index is 887. The lowest BCUT2D eigenvalue weighted by Crippen LogP contribution is -2.36. The van der Waals surface area contributed by atoms with Gasteiger partial charge in [-0.25, -0.2) is 0 Å². The Morgan fingerprint density at radius 1 is 0.906 bits per heavy atom. The number of rotatable bonds is 8. The summed E-state index contributed by atoms with van der Waals surface area (Å²) in [5.74, 6) is 0.928. The molecule has 172 valence electrons. The standard InChI is InChI=1S/C27H36N2O3/c1-18(2)23-11-8-12-24(19(3)4)26(23)29-25(30)17-32-22-15-13-20(14-16-22)27(31)28-21-9-6-5-7-10-21/h8,11-16,18-19,21H,5-7,9-10,17H2,1-4H3,(H,28,31)(H,29,30). The summed E-state index contributed by atoms with van der Waals surface area (Å²) in [4.78, 5) is 25.1. The molecule has 32 heavy (non-hydrogen) atoms. The van der Waals surface area contributed by atoms with Crippen LogP contribution in [-0.4, -0.2) is 24.5 Å². The van der Waals surface area contributed by atoms with Crippen molar-refractivity contribution in [2.75, 3.05) is 11.9 Å². The number of hydrogen-bond donors (Lipinski definition) is 2. The number of para-hydroxylation sites is 1. The third-order valence-corrected chi connectivity index (χ3v) is 6.06. The molecule has 1 saturated carbocycles. The Labute approximate surface area is 191 Å². The molecule has 0 heterocycles. The Morgan fingerprint density at radius 3 is 2.06 bits per heavy atom. The van der Waals surface area contributed by atoms with Crippen LogP contribution in [0.2, 0.25) is 0 Å². The van der Waals surface area contributed by atoms with Gasteiger partial charge in [0.1, 0.15) is 5.75 Å². The summed E-state index contributed by atoms with van der Waals surface area (Å²) in [6, 6.07) is 13.4. The monoisotopic (exact) mass is 436 g/mol. The smallest absolute Gasteiger partial charge is 0.262 e. The van der Waals surface area contributed by atoms with Crippen molar-refractivity contribution < 1.29 is 14.3 Å². The van der Waals surface area contributed by atoms with E-state index in [4.69, 9.17) is 4.74 Å². The Balaban J connectivity index is 1.57. The summed E-state index contributed by atoms with van der Waals surface area (Å²) in [5, 5.41) is 6.18. The second-order valence-electron chi connectivity index (χ2n) is 9.29. The van der Waals surface area contributed by atoms with Crippen molar-refractivity contribution in [3.8, 4) is 5.75 Å². The van der Waals surface area contributed by atoms with Crippen molar-refractivity contribution in [2.45, 2.75) is 77.7 Å². The van der Waals surface area contributed by atoms with Gasteiger partial charge in [0.25, 0.3) is 11.8 Å². The maximum atomic E-state index is 12.6. The van der Waals surface area contributed by atoms with Crippen LogP contribution >= 0.6 is 0 Å². The Hall–Kier alpha value is -2.82. The van der Waals surface area contributed by atoms with E-state index in [9.17, 15) is 9.59 Å². The third kappa shape index (κ3) is 6.35. The second kappa shape index (κ2) is 11.2. The van der Waals surface area contributed by atoms with Crippen LogP contribution < -0.4 is 15.4 Å². The zero-order valence-corrected chi connectivity index (χ0v) is 19.7. The molecule has 3 rings (SSSR count). The molecule has 0 saturated heterocycles. The highest BCUT2D eigenvalue weighted by Gasteiger charge is 2.18. The highest BCUT2D eigenvalue weighted by atomic mass is 16.5. The van der Waals surface area contributed by atoms with Crippen LogP contribution in [-0.2, 0) is 4.79 Å². The van der Waals surface area contributed by atoms with Gasteiger partial charge in [0.05, 0.1) is 0 Å². The molecule has 0 aromatic heterocycles. The number of nitrogens with one attached hydrogen (secondary N) is 2. The largest absolute Gasteiger partial charge is 0.484 e. The number of amides is 2. The predicted octanol–water partition coefficient (Wildman–Crippen LogP) is 6.01. The molecule has 0 spiro atoms. The first-order valence-electron chi connectivity index (χ1n) is 11.8. The van der Waals surface area contributed by atoms with Crippen LogP contribution in [0.1, 0.15) is 93.1 Å². The van der Waals surface area contributed by atoms with Gasteiger partial charge in [-0.1, -0.05) is 65.2 Å². The van der Waals surface area contributed by atoms with Gasteiger partial charge >= 0.3 is 0 Å². The van der Waals surface area contributed by atoms with E-state index in [1.165, 1.54) is 19.3 Å². The molecule has 2 aromatic rings. The van der Waals surface area contributed by atoms with Crippen molar-refractivity contribution in [3.63, 3.8) is 0 Å². The molecule has 2 aromatic carbocycles. The van der Waals surface area contributed by atoms with E-state index in [1.807, 2.05) is 6.07 Å². The van der Waals surface area contributed by atoms with Gasteiger partial charge in [-0.05, 0) is 60.1 Å². The molecule has 2 amide bonds. The number of ether oxygens (including phenoxy) is 1. The molecule has 1 aliphatic carbocycles. The summed E-state index contributed by atoms with van der Waals surface area (Å²) >= 11 is 0. The van der Waals surface area contributed by atoms with Gasteiger partial charge in [0, 0.05) is 17.3 Å². The molecule has 5 heteroatoms. The first kappa shape index (κ1) is 23.8. The topological polar surface area (TPSA) is 67.4 Å². The molecule has 1 aliphatic rings. The van der Waals surface area contributed by atoms with E-state index < -0.39 is 0 Å². The van der Waals surface area contributed by atoms with Gasteiger partial charge in [0.2, 0.25) is 0 Å². The van der Waals surface area contributed by atoms with Crippen LogP contribution in [0.5, 0.6) is 5.75 Å². The van der Waals surface area contributed by atoms with E-state index in [2.05, 4.69) is 50.5 Å². The van der Waals surface area contributed by atoms with Crippen molar-refractivity contribution in [1.29, 1.82) is 0 Å². The molecule has 0 aliphatic heterocycles. The summed E-state index contributed by atoms with van der Waals surface area (Å²) in [6.45, 7) is 8.40. The molecule has 0 atom stereocenters. The van der Waals surface area contributed by atoms with Crippen molar-refractivity contribution in [3.05, 3.63) is 59.2 Å². The van der Waals surface area contributed by atoms with Crippen molar-refractivity contribution in [2.24, 2.45) is 0 Å². The van der Waals surface area contributed by atoms with Gasteiger partial charge in [-0.2, -0.15) is 0 Å². The SMILES string of the molecule is CC(C)c1cccc(C(C)C)c1NC(=O)COc1ccc(C(=O)NC2CCCCC2)cc1. The van der Waals surface area contributed by atoms with E-state index in [1.54, 1.807) is 24.3 Å². The van der Waals surface area contributed by atoms with Gasteiger partial charge in [-0.15, -0.1) is 0 Å². The Kier molecular flexibility index (Phi) is 8.32. The average molecular weight is 437 g/mol. The predicted molar refractivity (Wildman–Crippen MR) is 130 cm³/mol. The lowest BCUT2D eigenvalue weighted by molar-refractivity contribution is -0.118. The van der Waals surface area contributed by atoms with Crippen LogP contribution in [0.25, 0.3) is 0 Å². The minimum Gasteiger partial charge on any atom is -0.484 e. The van der Waals surface area contributed by atoms with Gasteiger partial charge in [0.15, 0.2) is 6.61 Å². The number of hydrogen-bond acceptors (Lipinski definition) is 3. The van der Waals surface area contributed by atoms with Crippen molar-refractivity contribution >= 4 is 17.5 Å². The Morgan fingerprint density at radius 2 is 1.50 bits per heavy atom. The van der Waals surface area contributed by atoms with Crippen LogP contribution in [0, 0.1) is 0 Å². The van der Waals surface area contributed by atoms with E-state index in [0.29, 0.717) is 23.1 Å². The normalized spacial score (nSPS) is 14.4. The maximum absolute atomic E-state index is 12.6. The molecule has 1 fully saturated rings. The van der Waals surface area contributed by atoms with E-state index in [0.717, 1.165) is 29.7 Å². The van der Waals surface area contributed by atoms with Gasteiger partial charge < -0.3 is 15.4 Å². The highest BCUT2D eigenvalue weighted by molar-refractivity contribution is 5.95. The lowest BCUT2D eigenvalue weighted by Gasteiger charge is -2.22. The van der Waals surface area contributed by atoms with E-state index >= 15 is 0 Å². The molecular formula is C27H36N2O3. The number of anilines is 1. The first-order chi connectivity index (χ1) is 15.3. The van der Waals surface area contributed by atoms with E-state index in [-0.39, 0.29) is 24.5 Å². The fourth-order valence-electron chi connectivity index (χ4n) is 4.24. The van der Waals surface area contributed by atoms with Gasteiger partial charge in [-0.3, -0.25) is 9.59 Å². The fourth-order valence-corrected chi connectivity index (χ4v) is 4.24. The average Bonchev–Trinajstić information content (AvgIpc) is 2.78. The number of benzene rings is 2. The quantitative estimate of drug-likeness (QED) is 0.532. The highest BCUT2D eigenvalue weighted by Crippen LogP contribution is 2.32. The molecule has 2 N–H and O–H groups in total. The van der Waals surface area contributed by atoms with Crippen molar-refractivity contribution in [1.82, 2.24) is 5.32 Å². The summed E-state index contributed by atoms with van der Waals surface area (Å²) in [6.07, 6.45) is 5.73. The molecule has 0 unspecified atom stereocenters. The third-order valence-electron chi connectivity index (χ3n) is 6.06. The van der Waals surface area contributed by atoms with Crippen LogP contribution in [0.4, 0.5) is 5.69 Å². The zero-order chi connectivity index (χ0) is 23.1. The summed E-state index contributed by atoms with van der Waals surface area (Å²) in [5.41, 5.74) is 3.75. The fraction of sp³-hybridized carbons (Fsp3) is 0.481. The maximum Gasteiger partial charge on any atom is 0.262 e. The number of carbonyl (C=O) groups is 2. The van der Waals surface area contributed by atoms with Crippen LogP contribution in [0.15, 0.2) is 42.5 Å². The first-order valence-corrected chi connectivity index (χ1v) is 11.8. The minimum absolute atomic E-state index is 0.0484. The second-order valence-corrected chi connectivity index (χ2v) is 9.29. The molecule has 0 bridgehead atoms. The summed E-state index contributed by atoms with van der Waals surface area (Å²) in [7, 11) is 0. The zero-order valence-electron chi connectivity index (χ0n) is 19.7. The molecule has 5 nitrogen and oxygen atoms in total. The summed E-state index contributed by atoms with van der Waals surface area (Å²) < 4.78 is 5.68. The minimum atomic E-state index is -0.195. The number of carbonyl (C=O) groups excluding carboxylic acids is 2. The van der Waals surface area contributed by atoms with Crippen LogP contribution in [0.3, 0.4) is 0 Å². The molecule has 0 radical (unpaired) electrons. The lowest BCUT2D eigenvalue weighted by atomic mass is 9.92. The molecular weight excluding hydrogens is 400 g/mol.